The Morgan fingerprint density at radius 1 is 1.44 bits per heavy atom. The Kier molecular flexibility index (Phi) is 3.67. The molecule has 0 atom stereocenters. The van der Waals surface area contributed by atoms with E-state index < -0.39 is 0 Å². The topological polar surface area (TPSA) is 59.8 Å². The van der Waals surface area contributed by atoms with Gasteiger partial charge in [0.15, 0.2) is 0 Å². The number of hydrogen-bond acceptors (Lipinski definition) is 3. The fourth-order valence-electron chi connectivity index (χ4n) is 1.32. The lowest BCUT2D eigenvalue weighted by atomic mass is 9.96. The molecule has 1 amide bonds. The molecule has 90 valence electrons. The van der Waals surface area contributed by atoms with Gasteiger partial charge in [-0.1, -0.05) is 26.0 Å². The van der Waals surface area contributed by atoms with Gasteiger partial charge in [-0.05, 0) is 13.8 Å². The first-order valence-electron chi connectivity index (χ1n) is 5.53. The molecule has 0 saturated carbocycles. The molecule has 0 radical (unpaired) electrons. The minimum atomic E-state index is -0.363. The van der Waals surface area contributed by atoms with Crippen molar-refractivity contribution in [3.05, 3.63) is 11.4 Å². The molecule has 1 N–H and O–H groups in total. The smallest absolute Gasteiger partial charge is 0.225 e. The third-order valence-corrected chi connectivity index (χ3v) is 2.43. The Bertz CT molecular complexity index is 376. The zero-order chi connectivity index (χ0) is 12.3. The summed E-state index contributed by atoms with van der Waals surface area (Å²) in [5.74, 6) is 0.0377. The van der Waals surface area contributed by atoms with Crippen molar-refractivity contribution < 1.29 is 4.79 Å². The van der Waals surface area contributed by atoms with Crippen LogP contribution in [0.25, 0.3) is 0 Å². The Balaban J connectivity index is 2.68. The summed E-state index contributed by atoms with van der Waals surface area (Å²) in [6.45, 7) is 10.8. The molecule has 0 saturated heterocycles. The molecular formula is C11H20N4O. The van der Waals surface area contributed by atoms with Gasteiger partial charge in [-0.15, -0.1) is 5.10 Å². The van der Waals surface area contributed by atoms with Crippen molar-refractivity contribution in [3.8, 4) is 0 Å². The van der Waals surface area contributed by atoms with Crippen LogP contribution in [0.15, 0.2) is 0 Å². The summed E-state index contributed by atoms with van der Waals surface area (Å²) in [7, 11) is 0. The van der Waals surface area contributed by atoms with Crippen LogP contribution >= 0.6 is 0 Å². The van der Waals surface area contributed by atoms with Gasteiger partial charge in [-0.2, -0.15) is 0 Å². The van der Waals surface area contributed by atoms with Gasteiger partial charge in [0.2, 0.25) is 5.91 Å². The van der Waals surface area contributed by atoms with Crippen molar-refractivity contribution >= 4 is 5.91 Å². The first kappa shape index (κ1) is 12.7. The summed E-state index contributed by atoms with van der Waals surface area (Å²) in [6.07, 6.45) is 0. The molecule has 0 bridgehead atoms. The number of nitrogens with zero attached hydrogens (tertiary/aromatic N) is 3. The number of carbonyl (C=O) groups is 1. The molecule has 1 aromatic heterocycles. The molecule has 0 aliphatic carbocycles. The fraction of sp³-hybridized carbons (Fsp3) is 0.727. The van der Waals surface area contributed by atoms with Gasteiger partial charge in [0, 0.05) is 12.0 Å². The lowest BCUT2D eigenvalue weighted by Crippen LogP contribution is -2.35. The average molecular weight is 224 g/mol. The zero-order valence-corrected chi connectivity index (χ0v) is 10.7. The lowest BCUT2D eigenvalue weighted by Gasteiger charge is -2.17. The van der Waals surface area contributed by atoms with E-state index in [9.17, 15) is 4.79 Å². The molecule has 0 fully saturated rings. The van der Waals surface area contributed by atoms with Crippen LogP contribution in [0.5, 0.6) is 0 Å². The molecule has 0 aliphatic rings. The minimum absolute atomic E-state index is 0.0377. The average Bonchev–Trinajstić information content (AvgIpc) is 2.54. The molecule has 16 heavy (non-hydrogen) atoms. The maximum atomic E-state index is 11.7. The van der Waals surface area contributed by atoms with E-state index in [4.69, 9.17) is 0 Å². The van der Waals surface area contributed by atoms with Crippen molar-refractivity contribution in [3.63, 3.8) is 0 Å². The van der Waals surface area contributed by atoms with E-state index in [-0.39, 0.29) is 11.3 Å². The Morgan fingerprint density at radius 3 is 2.56 bits per heavy atom. The van der Waals surface area contributed by atoms with Crippen molar-refractivity contribution in [1.82, 2.24) is 20.3 Å². The van der Waals surface area contributed by atoms with E-state index in [0.29, 0.717) is 6.54 Å². The normalized spacial score (nSPS) is 11.6. The summed E-state index contributed by atoms with van der Waals surface area (Å²) in [5, 5.41) is 10.9. The highest BCUT2D eigenvalue weighted by Gasteiger charge is 2.21. The summed E-state index contributed by atoms with van der Waals surface area (Å²) in [6, 6.07) is 0. The molecule has 0 unspecified atom stereocenters. The first-order valence-corrected chi connectivity index (χ1v) is 5.53. The zero-order valence-electron chi connectivity index (χ0n) is 10.7. The van der Waals surface area contributed by atoms with Crippen LogP contribution in [0.2, 0.25) is 0 Å². The van der Waals surface area contributed by atoms with E-state index in [1.165, 1.54) is 0 Å². The van der Waals surface area contributed by atoms with Crippen LogP contribution in [0, 0.1) is 12.3 Å². The summed E-state index contributed by atoms with van der Waals surface area (Å²) in [5.41, 5.74) is 1.48. The second kappa shape index (κ2) is 4.63. The Labute approximate surface area is 96.2 Å². The minimum Gasteiger partial charge on any atom is -0.350 e. The van der Waals surface area contributed by atoms with E-state index in [1.54, 1.807) is 4.68 Å². The molecule has 1 aromatic rings. The maximum absolute atomic E-state index is 11.7. The molecule has 0 aliphatic heterocycles. The van der Waals surface area contributed by atoms with Gasteiger partial charge < -0.3 is 5.32 Å². The van der Waals surface area contributed by atoms with E-state index >= 15 is 0 Å². The second-order valence-electron chi connectivity index (χ2n) is 4.87. The van der Waals surface area contributed by atoms with Crippen LogP contribution < -0.4 is 5.32 Å². The maximum Gasteiger partial charge on any atom is 0.225 e. The number of carbonyl (C=O) groups excluding carboxylic acids is 1. The third-order valence-electron chi connectivity index (χ3n) is 2.43. The molecule has 0 aromatic carbocycles. The van der Waals surface area contributed by atoms with Crippen LogP contribution in [0.3, 0.4) is 0 Å². The summed E-state index contributed by atoms with van der Waals surface area (Å²) < 4.78 is 1.80. The predicted molar refractivity (Wildman–Crippen MR) is 61.7 cm³/mol. The molecule has 1 rings (SSSR count). The molecule has 1 heterocycles. The Morgan fingerprint density at radius 2 is 2.06 bits per heavy atom. The van der Waals surface area contributed by atoms with E-state index in [2.05, 4.69) is 15.6 Å². The van der Waals surface area contributed by atoms with Crippen molar-refractivity contribution in [2.24, 2.45) is 5.41 Å². The van der Waals surface area contributed by atoms with Crippen LogP contribution in [0.1, 0.15) is 39.1 Å². The van der Waals surface area contributed by atoms with Gasteiger partial charge in [-0.3, -0.25) is 4.79 Å². The first-order chi connectivity index (χ1) is 7.36. The number of rotatable bonds is 3. The molecular weight excluding hydrogens is 204 g/mol. The third kappa shape index (κ3) is 2.81. The quantitative estimate of drug-likeness (QED) is 0.841. The molecule has 0 spiro atoms. The number of aromatic nitrogens is 3. The van der Waals surface area contributed by atoms with Gasteiger partial charge in [-0.25, -0.2) is 4.68 Å². The van der Waals surface area contributed by atoms with E-state index in [1.807, 2.05) is 34.6 Å². The number of nitrogens with one attached hydrogen (secondary N) is 1. The lowest BCUT2D eigenvalue weighted by molar-refractivity contribution is -0.128. The van der Waals surface area contributed by atoms with Gasteiger partial charge in [0.25, 0.3) is 0 Å². The Hall–Kier alpha value is -1.39. The van der Waals surface area contributed by atoms with Crippen molar-refractivity contribution in [1.29, 1.82) is 0 Å². The summed E-state index contributed by atoms with van der Waals surface area (Å²) in [4.78, 5) is 11.7. The highest BCUT2D eigenvalue weighted by Crippen LogP contribution is 2.13. The second-order valence-corrected chi connectivity index (χ2v) is 4.87. The highest BCUT2D eigenvalue weighted by atomic mass is 16.2. The standard InChI is InChI=1S/C11H20N4O/c1-6-15-9(8(2)13-14-15)7-12-10(16)11(3,4)5/h6-7H2,1-5H3,(H,12,16). The van der Waals surface area contributed by atoms with Crippen molar-refractivity contribution in [2.45, 2.75) is 47.7 Å². The van der Waals surface area contributed by atoms with E-state index in [0.717, 1.165) is 17.9 Å². The van der Waals surface area contributed by atoms with Crippen LogP contribution in [0.4, 0.5) is 0 Å². The highest BCUT2D eigenvalue weighted by molar-refractivity contribution is 5.81. The largest absolute Gasteiger partial charge is 0.350 e. The number of aryl methyl sites for hydroxylation is 2. The predicted octanol–water partition coefficient (Wildman–Crippen LogP) is 1.27. The van der Waals surface area contributed by atoms with Gasteiger partial charge >= 0.3 is 0 Å². The molecule has 5 nitrogen and oxygen atoms in total. The van der Waals surface area contributed by atoms with Gasteiger partial charge in [0.1, 0.15) is 0 Å². The number of hydrogen-bond donors (Lipinski definition) is 1. The van der Waals surface area contributed by atoms with Gasteiger partial charge in [0.05, 0.1) is 17.9 Å². The fourth-order valence-corrected chi connectivity index (χ4v) is 1.32. The summed E-state index contributed by atoms with van der Waals surface area (Å²) >= 11 is 0. The van der Waals surface area contributed by atoms with Crippen LogP contribution in [-0.4, -0.2) is 20.9 Å². The number of amides is 1. The monoisotopic (exact) mass is 224 g/mol. The molecule has 5 heteroatoms. The SMILES string of the molecule is CCn1nnc(C)c1CNC(=O)C(C)(C)C. The van der Waals surface area contributed by atoms with Crippen LogP contribution in [-0.2, 0) is 17.9 Å². The van der Waals surface area contributed by atoms with Crippen molar-refractivity contribution in [2.75, 3.05) is 0 Å².